The molecule has 1 aromatic heterocycles. The van der Waals surface area contributed by atoms with Crippen LogP contribution in [0.2, 0.25) is 0 Å². The van der Waals surface area contributed by atoms with Crippen molar-refractivity contribution in [1.82, 2.24) is 10.3 Å². The van der Waals surface area contributed by atoms with Gasteiger partial charge in [-0.2, -0.15) is 0 Å². The minimum absolute atomic E-state index is 0.233. The van der Waals surface area contributed by atoms with Gasteiger partial charge in [0.15, 0.2) is 0 Å². The van der Waals surface area contributed by atoms with E-state index in [1.807, 2.05) is 30.2 Å². The average Bonchev–Trinajstić information content (AvgIpc) is 2.47. The van der Waals surface area contributed by atoms with Crippen LogP contribution in [0.3, 0.4) is 0 Å². The molecule has 21 heavy (non-hydrogen) atoms. The van der Waals surface area contributed by atoms with Crippen molar-refractivity contribution in [2.45, 2.75) is 33.4 Å². The monoisotopic (exact) mass is 287 g/mol. The maximum atomic E-state index is 13.4. The summed E-state index contributed by atoms with van der Waals surface area (Å²) in [7, 11) is 0. The first-order valence-electron chi connectivity index (χ1n) is 7.31. The van der Waals surface area contributed by atoms with Crippen molar-refractivity contribution >= 4 is 11.5 Å². The maximum Gasteiger partial charge on any atom is 0.132 e. The van der Waals surface area contributed by atoms with E-state index >= 15 is 0 Å². The van der Waals surface area contributed by atoms with Gasteiger partial charge in [0.2, 0.25) is 0 Å². The van der Waals surface area contributed by atoms with Gasteiger partial charge >= 0.3 is 0 Å². The van der Waals surface area contributed by atoms with Crippen LogP contribution in [0.25, 0.3) is 0 Å². The Hall–Kier alpha value is -1.94. The van der Waals surface area contributed by atoms with Crippen LogP contribution in [0, 0.1) is 5.82 Å². The maximum absolute atomic E-state index is 13.4. The number of rotatable bonds is 6. The van der Waals surface area contributed by atoms with Crippen molar-refractivity contribution in [3.8, 4) is 0 Å². The largest absolute Gasteiger partial charge is 0.327 e. The highest BCUT2D eigenvalue weighted by atomic mass is 19.1. The van der Waals surface area contributed by atoms with Gasteiger partial charge in [-0.1, -0.05) is 26.0 Å². The van der Waals surface area contributed by atoms with E-state index in [0.717, 1.165) is 30.2 Å². The summed E-state index contributed by atoms with van der Waals surface area (Å²) < 4.78 is 13.4. The van der Waals surface area contributed by atoms with E-state index in [4.69, 9.17) is 0 Å². The predicted molar refractivity (Wildman–Crippen MR) is 85.3 cm³/mol. The lowest BCUT2D eigenvalue weighted by Crippen LogP contribution is -2.22. The molecule has 2 rings (SSSR count). The number of hydrogen-bond acceptors (Lipinski definition) is 3. The van der Waals surface area contributed by atoms with Gasteiger partial charge in [0.1, 0.15) is 11.6 Å². The molecule has 1 aromatic carbocycles. The fourth-order valence-corrected chi connectivity index (χ4v) is 2.12. The smallest absolute Gasteiger partial charge is 0.132 e. The number of aromatic nitrogens is 1. The molecule has 0 fully saturated rings. The van der Waals surface area contributed by atoms with Gasteiger partial charge in [-0.05, 0) is 36.8 Å². The van der Waals surface area contributed by atoms with E-state index in [9.17, 15) is 4.39 Å². The molecule has 0 saturated heterocycles. The molecule has 2 aromatic rings. The van der Waals surface area contributed by atoms with Crippen LogP contribution in [-0.4, -0.2) is 17.6 Å². The molecule has 0 atom stereocenters. The molecular weight excluding hydrogens is 265 g/mol. The summed E-state index contributed by atoms with van der Waals surface area (Å²) in [6.45, 7) is 7.80. The minimum Gasteiger partial charge on any atom is -0.327 e. The third kappa shape index (κ3) is 4.26. The van der Waals surface area contributed by atoms with Crippen LogP contribution in [0.4, 0.5) is 15.9 Å². The Bertz CT molecular complexity index is 567. The molecule has 112 valence electrons. The first kappa shape index (κ1) is 15.4. The van der Waals surface area contributed by atoms with E-state index in [1.165, 1.54) is 12.1 Å². The number of pyridine rings is 1. The standard InChI is InChI=1S/C17H22FN3/c1-4-21(16-7-5-6-15(18)10-16)17-9-8-14(12-20-17)11-19-13(2)3/h5-10,12-13,19H,4,11H2,1-3H3. The molecule has 0 radical (unpaired) electrons. The van der Waals surface area contributed by atoms with Gasteiger partial charge in [0, 0.05) is 31.0 Å². The number of nitrogens with one attached hydrogen (secondary N) is 1. The van der Waals surface area contributed by atoms with Crippen molar-refractivity contribution < 1.29 is 4.39 Å². The Morgan fingerprint density at radius 1 is 1.24 bits per heavy atom. The number of halogens is 1. The van der Waals surface area contributed by atoms with Crippen molar-refractivity contribution in [3.05, 3.63) is 54.0 Å². The third-order valence-corrected chi connectivity index (χ3v) is 3.24. The van der Waals surface area contributed by atoms with Gasteiger partial charge in [-0.25, -0.2) is 9.37 Å². The van der Waals surface area contributed by atoms with Crippen LogP contribution in [0.1, 0.15) is 26.3 Å². The van der Waals surface area contributed by atoms with Crippen molar-refractivity contribution in [2.75, 3.05) is 11.4 Å². The van der Waals surface area contributed by atoms with Gasteiger partial charge in [-0.3, -0.25) is 0 Å². The normalized spacial score (nSPS) is 10.9. The Labute approximate surface area is 125 Å². The Kier molecular flexibility index (Phi) is 5.28. The fraction of sp³-hybridized carbons (Fsp3) is 0.353. The molecule has 0 aliphatic carbocycles. The summed E-state index contributed by atoms with van der Waals surface area (Å²) in [5, 5.41) is 3.36. The summed E-state index contributed by atoms with van der Waals surface area (Å²) in [5.41, 5.74) is 1.96. The second kappa shape index (κ2) is 7.18. The Morgan fingerprint density at radius 2 is 2.05 bits per heavy atom. The Morgan fingerprint density at radius 3 is 2.62 bits per heavy atom. The highest BCUT2D eigenvalue weighted by Crippen LogP contribution is 2.23. The van der Waals surface area contributed by atoms with E-state index < -0.39 is 0 Å². The lowest BCUT2D eigenvalue weighted by atomic mass is 10.2. The summed E-state index contributed by atoms with van der Waals surface area (Å²) in [4.78, 5) is 6.49. The first-order chi connectivity index (χ1) is 10.1. The molecule has 0 bridgehead atoms. The Balaban J connectivity index is 2.15. The summed E-state index contributed by atoms with van der Waals surface area (Å²) in [5.74, 6) is 0.597. The lowest BCUT2D eigenvalue weighted by Gasteiger charge is -2.22. The van der Waals surface area contributed by atoms with Gasteiger partial charge in [0.05, 0.1) is 0 Å². The molecule has 0 unspecified atom stereocenters. The SMILES string of the molecule is CCN(c1cccc(F)c1)c1ccc(CNC(C)C)cn1. The van der Waals surface area contributed by atoms with Crippen LogP contribution < -0.4 is 10.2 Å². The molecule has 3 nitrogen and oxygen atoms in total. The van der Waals surface area contributed by atoms with E-state index in [0.29, 0.717) is 6.04 Å². The summed E-state index contributed by atoms with van der Waals surface area (Å²) in [6, 6.07) is 11.1. The second-order valence-electron chi connectivity index (χ2n) is 5.28. The zero-order valence-electron chi connectivity index (χ0n) is 12.8. The number of hydrogen-bond donors (Lipinski definition) is 1. The third-order valence-electron chi connectivity index (χ3n) is 3.24. The van der Waals surface area contributed by atoms with Crippen LogP contribution in [-0.2, 0) is 6.54 Å². The first-order valence-corrected chi connectivity index (χ1v) is 7.31. The van der Waals surface area contributed by atoms with Crippen molar-refractivity contribution in [2.24, 2.45) is 0 Å². The molecule has 0 aliphatic rings. The molecular formula is C17H22FN3. The van der Waals surface area contributed by atoms with Crippen LogP contribution in [0.15, 0.2) is 42.6 Å². The number of benzene rings is 1. The average molecular weight is 287 g/mol. The molecule has 1 N–H and O–H groups in total. The predicted octanol–water partition coefficient (Wildman–Crippen LogP) is 3.88. The molecule has 1 heterocycles. The quantitative estimate of drug-likeness (QED) is 0.874. The van der Waals surface area contributed by atoms with Crippen LogP contribution in [0.5, 0.6) is 0 Å². The molecule has 0 aliphatic heterocycles. The number of nitrogens with zero attached hydrogens (tertiary/aromatic N) is 2. The van der Waals surface area contributed by atoms with E-state index in [2.05, 4.69) is 30.2 Å². The minimum atomic E-state index is -0.233. The lowest BCUT2D eigenvalue weighted by molar-refractivity contribution is 0.588. The molecule has 0 spiro atoms. The zero-order valence-corrected chi connectivity index (χ0v) is 12.8. The highest BCUT2D eigenvalue weighted by Gasteiger charge is 2.09. The van der Waals surface area contributed by atoms with Crippen molar-refractivity contribution in [3.63, 3.8) is 0 Å². The highest BCUT2D eigenvalue weighted by molar-refractivity contribution is 5.59. The second-order valence-corrected chi connectivity index (χ2v) is 5.28. The van der Waals surface area contributed by atoms with Gasteiger partial charge in [-0.15, -0.1) is 0 Å². The molecule has 0 saturated carbocycles. The van der Waals surface area contributed by atoms with E-state index in [1.54, 1.807) is 6.07 Å². The molecule has 0 amide bonds. The number of anilines is 2. The zero-order chi connectivity index (χ0) is 15.2. The molecule has 4 heteroatoms. The van der Waals surface area contributed by atoms with Crippen LogP contribution >= 0.6 is 0 Å². The van der Waals surface area contributed by atoms with Gasteiger partial charge < -0.3 is 10.2 Å². The van der Waals surface area contributed by atoms with Gasteiger partial charge in [0.25, 0.3) is 0 Å². The fourth-order valence-electron chi connectivity index (χ4n) is 2.12. The summed E-state index contributed by atoms with van der Waals surface area (Å²) in [6.07, 6.45) is 1.87. The topological polar surface area (TPSA) is 28.2 Å². The van der Waals surface area contributed by atoms with E-state index in [-0.39, 0.29) is 5.82 Å². The van der Waals surface area contributed by atoms with Crippen molar-refractivity contribution in [1.29, 1.82) is 0 Å². The summed E-state index contributed by atoms with van der Waals surface area (Å²) >= 11 is 0.